The van der Waals surface area contributed by atoms with Gasteiger partial charge in [0.05, 0.1) is 0 Å². The maximum absolute atomic E-state index is 11.2. The third-order valence-electron chi connectivity index (χ3n) is 5.50. The molecule has 0 unspecified atom stereocenters. The van der Waals surface area contributed by atoms with Crippen LogP contribution in [-0.2, 0) is 16.0 Å². The molecule has 0 aliphatic heterocycles. The van der Waals surface area contributed by atoms with E-state index in [-0.39, 0.29) is 13.2 Å². The van der Waals surface area contributed by atoms with Crippen molar-refractivity contribution < 1.29 is 19.4 Å². The molecule has 1 N–H and O–H groups in total. The van der Waals surface area contributed by atoms with Gasteiger partial charge in [0.25, 0.3) is 0 Å². The molecular weight excluding hydrogens is 364 g/mol. The molecule has 0 amide bonds. The number of carbonyl (C=O) groups is 1. The van der Waals surface area contributed by atoms with Gasteiger partial charge in [0.1, 0.15) is 19.0 Å². The Morgan fingerprint density at radius 1 is 1.07 bits per heavy atom. The Bertz CT molecular complexity index is 804. The summed E-state index contributed by atoms with van der Waals surface area (Å²) in [4.78, 5) is 11.2. The average Bonchev–Trinajstić information content (AvgIpc) is 2.78. The van der Waals surface area contributed by atoms with Crippen molar-refractivity contribution in [2.24, 2.45) is 0 Å². The molecule has 4 heteroatoms. The summed E-state index contributed by atoms with van der Waals surface area (Å²) in [6.07, 6.45) is 8.16. The molecule has 2 aromatic carbocycles. The lowest BCUT2D eigenvalue weighted by Crippen LogP contribution is -2.11. The smallest absolute Gasteiger partial charge is 0.330 e. The first kappa shape index (κ1) is 21.1. The normalized spacial score (nSPS) is 14.4. The summed E-state index contributed by atoms with van der Waals surface area (Å²) < 4.78 is 11.1. The van der Waals surface area contributed by atoms with Gasteiger partial charge >= 0.3 is 5.97 Å². The minimum atomic E-state index is -0.441. The highest BCUT2D eigenvalue weighted by molar-refractivity contribution is 5.81. The number of rotatable bonds is 9. The Kier molecular flexibility index (Phi) is 7.88. The Balaban J connectivity index is 1.80. The molecule has 0 saturated heterocycles. The largest absolute Gasteiger partial charge is 0.489 e. The van der Waals surface area contributed by atoms with Gasteiger partial charge in [-0.25, -0.2) is 4.79 Å². The molecule has 1 saturated carbocycles. The second kappa shape index (κ2) is 10.8. The number of aliphatic hydroxyl groups is 1. The van der Waals surface area contributed by atoms with Gasteiger partial charge in [-0.05, 0) is 47.9 Å². The van der Waals surface area contributed by atoms with Crippen LogP contribution in [0.5, 0.6) is 5.75 Å². The highest BCUT2D eigenvalue weighted by Crippen LogP contribution is 2.38. The van der Waals surface area contributed by atoms with E-state index in [0.29, 0.717) is 18.9 Å². The van der Waals surface area contributed by atoms with Crippen LogP contribution in [0.25, 0.3) is 11.1 Å². The first-order valence-electron chi connectivity index (χ1n) is 10.5. The molecule has 0 spiro atoms. The molecule has 0 bridgehead atoms. The van der Waals surface area contributed by atoms with Crippen molar-refractivity contribution in [2.75, 3.05) is 19.8 Å². The quantitative estimate of drug-likeness (QED) is 0.368. The SMILES string of the molecule is C=CC(=O)OCCOc1cc(C2CCCCC2)ccc1-c1ccc(CCO)cc1. The molecule has 4 nitrogen and oxygen atoms in total. The summed E-state index contributed by atoms with van der Waals surface area (Å²) in [5.74, 6) is 0.965. The van der Waals surface area contributed by atoms with Crippen molar-refractivity contribution in [1.29, 1.82) is 0 Å². The van der Waals surface area contributed by atoms with E-state index >= 15 is 0 Å². The second-order valence-corrected chi connectivity index (χ2v) is 7.48. The molecule has 3 rings (SSSR count). The van der Waals surface area contributed by atoms with Crippen molar-refractivity contribution in [2.45, 2.75) is 44.4 Å². The van der Waals surface area contributed by atoms with E-state index in [4.69, 9.17) is 14.6 Å². The standard InChI is InChI=1S/C25H30O4/c1-2-25(27)29-17-16-28-24-18-22(20-6-4-3-5-7-20)12-13-23(24)21-10-8-19(9-11-21)14-15-26/h2,8-13,18,20,26H,1,3-7,14-17H2. The van der Waals surface area contributed by atoms with Crippen LogP contribution >= 0.6 is 0 Å². The van der Waals surface area contributed by atoms with Crippen LogP contribution in [0.15, 0.2) is 55.1 Å². The fourth-order valence-electron chi connectivity index (χ4n) is 3.92. The monoisotopic (exact) mass is 394 g/mol. The summed E-state index contributed by atoms with van der Waals surface area (Å²) in [5.41, 5.74) is 4.52. The van der Waals surface area contributed by atoms with Gasteiger partial charge < -0.3 is 14.6 Å². The molecule has 154 valence electrons. The molecule has 0 atom stereocenters. The van der Waals surface area contributed by atoms with E-state index < -0.39 is 5.97 Å². The van der Waals surface area contributed by atoms with E-state index in [1.54, 1.807) is 0 Å². The molecule has 0 radical (unpaired) electrons. The van der Waals surface area contributed by atoms with Crippen molar-refractivity contribution in [3.63, 3.8) is 0 Å². The molecule has 2 aromatic rings. The molecule has 1 aliphatic rings. The zero-order chi connectivity index (χ0) is 20.5. The predicted molar refractivity (Wildman–Crippen MR) is 115 cm³/mol. The van der Waals surface area contributed by atoms with Crippen LogP contribution in [-0.4, -0.2) is 30.9 Å². The lowest BCUT2D eigenvalue weighted by molar-refractivity contribution is -0.138. The van der Waals surface area contributed by atoms with E-state index in [0.717, 1.165) is 28.5 Å². The van der Waals surface area contributed by atoms with Gasteiger partial charge in [0, 0.05) is 18.2 Å². The Morgan fingerprint density at radius 2 is 1.83 bits per heavy atom. The highest BCUT2D eigenvalue weighted by Gasteiger charge is 2.18. The number of ether oxygens (including phenoxy) is 2. The van der Waals surface area contributed by atoms with Crippen molar-refractivity contribution in [3.05, 3.63) is 66.2 Å². The first-order chi connectivity index (χ1) is 14.2. The fraction of sp³-hybridized carbons (Fsp3) is 0.400. The van der Waals surface area contributed by atoms with E-state index in [2.05, 4.69) is 36.9 Å². The minimum Gasteiger partial charge on any atom is -0.489 e. The third-order valence-corrected chi connectivity index (χ3v) is 5.50. The summed E-state index contributed by atoms with van der Waals surface area (Å²) >= 11 is 0. The zero-order valence-electron chi connectivity index (χ0n) is 16.9. The van der Waals surface area contributed by atoms with Crippen molar-refractivity contribution in [1.82, 2.24) is 0 Å². The molecular formula is C25H30O4. The number of carbonyl (C=O) groups excluding carboxylic acids is 1. The minimum absolute atomic E-state index is 0.146. The van der Waals surface area contributed by atoms with Gasteiger partial charge in [0.15, 0.2) is 0 Å². The van der Waals surface area contributed by atoms with Crippen LogP contribution in [0.1, 0.15) is 49.1 Å². The van der Waals surface area contributed by atoms with E-state index in [9.17, 15) is 4.79 Å². The number of aliphatic hydroxyl groups excluding tert-OH is 1. The second-order valence-electron chi connectivity index (χ2n) is 7.48. The average molecular weight is 395 g/mol. The molecule has 0 heterocycles. The predicted octanol–water partition coefficient (Wildman–Crippen LogP) is 5.04. The molecule has 1 fully saturated rings. The van der Waals surface area contributed by atoms with Crippen LogP contribution in [0.2, 0.25) is 0 Å². The van der Waals surface area contributed by atoms with Crippen LogP contribution in [0.3, 0.4) is 0 Å². The molecule has 1 aliphatic carbocycles. The van der Waals surface area contributed by atoms with Gasteiger partial charge in [-0.15, -0.1) is 0 Å². The summed E-state index contributed by atoms with van der Waals surface area (Å²) in [7, 11) is 0. The van der Waals surface area contributed by atoms with E-state index in [1.807, 2.05) is 12.1 Å². The fourth-order valence-corrected chi connectivity index (χ4v) is 3.92. The Morgan fingerprint density at radius 3 is 2.52 bits per heavy atom. The zero-order valence-corrected chi connectivity index (χ0v) is 16.9. The van der Waals surface area contributed by atoms with Gasteiger partial charge in [0.2, 0.25) is 0 Å². The van der Waals surface area contributed by atoms with Gasteiger partial charge in [-0.2, -0.15) is 0 Å². The first-order valence-corrected chi connectivity index (χ1v) is 10.5. The van der Waals surface area contributed by atoms with Crippen LogP contribution in [0.4, 0.5) is 0 Å². The van der Waals surface area contributed by atoms with Gasteiger partial charge in [-0.1, -0.05) is 62.2 Å². The maximum Gasteiger partial charge on any atom is 0.330 e. The lowest BCUT2D eigenvalue weighted by atomic mass is 9.83. The Labute approximate surface area is 173 Å². The number of esters is 1. The summed E-state index contributed by atoms with van der Waals surface area (Å²) in [5, 5.41) is 9.12. The number of benzene rings is 2. The summed E-state index contributed by atoms with van der Waals surface area (Å²) in [6.45, 7) is 4.03. The van der Waals surface area contributed by atoms with Crippen LogP contribution in [0, 0.1) is 0 Å². The van der Waals surface area contributed by atoms with Gasteiger partial charge in [-0.3, -0.25) is 0 Å². The lowest BCUT2D eigenvalue weighted by Gasteiger charge is -2.23. The topological polar surface area (TPSA) is 55.8 Å². The Hall–Kier alpha value is -2.59. The molecule has 29 heavy (non-hydrogen) atoms. The van der Waals surface area contributed by atoms with Crippen LogP contribution < -0.4 is 4.74 Å². The van der Waals surface area contributed by atoms with Crippen molar-refractivity contribution in [3.8, 4) is 16.9 Å². The van der Waals surface area contributed by atoms with E-state index in [1.165, 1.54) is 37.7 Å². The summed E-state index contributed by atoms with van der Waals surface area (Å²) in [6, 6.07) is 14.7. The van der Waals surface area contributed by atoms with Crippen molar-refractivity contribution >= 4 is 5.97 Å². The molecule has 0 aromatic heterocycles. The maximum atomic E-state index is 11.2. The number of hydrogen-bond donors (Lipinski definition) is 1. The third kappa shape index (κ3) is 5.94. The number of hydrogen-bond acceptors (Lipinski definition) is 4. The highest BCUT2D eigenvalue weighted by atomic mass is 16.6.